The highest BCUT2D eigenvalue weighted by molar-refractivity contribution is 9.10. The van der Waals surface area contributed by atoms with Crippen LogP contribution in [0.2, 0.25) is 0 Å². The van der Waals surface area contributed by atoms with Gasteiger partial charge in [-0.2, -0.15) is 0 Å². The normalized spacial score (nSPS) is 26.8. The maximum absolute atomic E-state index is 3.58. The van der Waals surface area contributed by atoms with Gasteiger partial charge >= 0.3 is 0 Å². The van der Waals surface area contributed by atoms with Crippen LogP contribution in [0.1, 0.15) is 43.2 Å². The van der Waals surface area contributed by atoms with Crippen molar-refractivity contribution >= 4 is 15.9 Å². The summed E-state index contributed by atoms with van der Waals surface area (Å²) in [6.07, 6.45) is 4.17. The van der Waals surface area contributed by atoms with Gasteiger partial charge in [0.05, 0.1) is 0 Å². The fourth-order valence-corrected chi connectivity index (χ4v) is 3.24. The molecule has 14 heavy (non-hydrogen) atoms. The van der Waals surface area contributed by atoms with Gasteiger partial charge in [0.1, 0.15) is 0 Å². The summed E-state index contributed by atoms with van der Waals surface area (Å²) in [6, 6.07) is 6.82. The minimum absolute atomic E-state index is 0.797. The summed E-state index contributed by atoms with van der Waals surface area (Å²) < 4.78 is 1.23. The first-order valence-electron chi connectivity index (χ1n) is 5.44. The van der Waals surface area contributed by atoms with Crippen molar-refractivity contribution in [1.82, 2.24) is 0 Å². The molecule has 0 bridgehead atoms. The zero-order valence-corrected chi connectivity index (χ0v) is 10.5. The highest BCUT2D eigenvalue weighted by atomic mass is 79.9. The van der Waals surface area contributed by atoms with Gasteiger partial charge in [-0.1, -0.05) is 41.8 Å². The van der Waals surface area contributed by atoms with Crippen LogP contribution < -0.4 is 0 Å². The summed E-state index contributed by atoms with van der Waals surface area (Å²) in [4.78, 5) is 0. The van der Waals surface area contributed by atoms with E-state index in [9.17, 15) is 0 Å². The molecule has 2 unspecified atom stereocenters. The van der Waals surface area contributed by atoms with Crippen LogP contribution in [0.5, 0.6) is 0 Å². The third-order valence-electron chi connectivity index (χ3n) is 3.35. The Labute approximate surface area is 94.8 Å². The molecule has 76 valence electrons. The Bertz CT molecular complexity index is 310. The van der Waals surface area contributed by atoms with Crippen LogP contribution >= 0.6 is 15.9 Å². The molecule has 0 amide bonds. The summed E-state index contributed by atoms with van der Waals surface area (Å²) in [6.45, 7) is 4.56. The minimum atomic E-state index is 0.797. The molecule has 1 aromatic carbocycles. The standard InChI is InChI=1S/C13H17Br/c1-9-6-11(8-12(14)7-9)13-5-3-4-10(13)2/h6-8,10,13H,3-5H2,1-2H3. The Balaban J connectivity index is 2.31. The topological polar surface area (TPSA) is 0 Å². The van der Waals surface area contributed by atoms with Gasteiger partial charge in [-0.3, -0.25) is 0 Å². The molecule has 0 aliphatic heterocycles. The maximum Gasteiger partial charge on any atom is 0.0180 e. The van der Waals surface area contributed by atoms with E-state index in [1.807, 2.05) is 0 Å². The second kappa shape index (κ2) is 4.06. The first kappa shape index (κ1) is 10.2. The van der Waals surface area contributed by atoms with E-state index in [-0.39, 0.29) is 0 Å². The van der Waals surface area contributed by atoms with Crippen molar-refractivity contribution in [3.05, 3.63) is 33.8 Å². The summed E-state index contributed by atoms with van der Waals surface area (Å²) in [5, 5.41) is 0. The van der Waals surface area contributed by atoms with Crippen molar-refractivity contribution in [2.45, 2.75) is 39.0 Å². The van der Waals surface area contributed by atoms with E-state index < -0.39 is 0 Å². The number of hydrogen-bond acceptors (Lipinski definition) is 0. The lowest BCUT2D eigenvalue weighted by Gasteiger charge is -2.16. The van der Waals surface area contributed by atoms with Crippen molar-refractivity contribution < 1.29 is 0 Å². The van der Waals surface area contributed by atoms with Crippen LogP contribution in [0.4, 0.5) is 0 Å². The molecule has 1 aromatic rings. The molecule has 0 radical (unpaired) electrons. The number of aryl methyl sites for hydroxylation is 1. The molecule has 0 N–H and O–H groups in total. The molecule has 0 saturated heterocycles. The van der Waals surface area contributed by atoms with Crippen LogP contribution in [0, 0.1) is 12.8 Å². The predicted octanol–water partition coefficient (Wildman–Crippen LogP) is 4.66. The fourth-order valence-electron chi connectivity index (χ4n) is 2.62. The van der Waals surface area contributed by atoms with Gasteiger partial charge in [0, 0.05) is 4.47 Å². The molecule has 0 spiro atoms. The van der Waals surface area contributed by atoms with Gasteiger partial charge in [-0.15, -0.1) is 0 Å². The summed E-state index contributed by atoms with van der Waals surface area (Å²) in [7, 11) is 0. The lowest BCUT2D eigenvalue weighted by Crippen LogP contribution is -2.02. The maximum atomic E-state index is 3.58. The Morgan fingerprint density at radius 3 is 2.57 bits per heavy atom. The number of hydrogen-bond donors (Lipinski definition) is 0. The third-order valence-corrected chi connectivity index (χ3v) is 3.81. The Kier molecular flexibility index (Phi) is 2.96. The third kappa shape index (κ3) is 2.03. The Hall–Kier alpha value is -0.300. The van der Waals surface area contributed by atoms with Gasteiger partial charge < -0.3 is 0 Å². The molecule has 0 heterocycles. The Morgan fingerprint density at radius 2 is 2.00 bits per heavy atom. The second-order valence-electron chi connectivity index (χ2n) is 4.58. The van der Waals surface area contributed by atoms with Crippen LogP contribution in [-0.2, 0) is 0 Å². The molecule has 0 aromatic heterocycles. The zero-order valence-electron chi connectivity index (χ0n) is 8.89. The lowest BCUT2D eigenvalue weighted by atomic mass is 9.89. The molecule has 1 heteroatoms. The summed E-state index contributed by atoms with van der Waals surface area (Å²) >= 11 is 3.58. The van der Waals surface area contributed by atoms with Crippen molar-refractivity contribution in [2.75, 3.05) is 0 Å². The molecule has 0 nitrogen and oxygen atoms in total. The first-order chi connectivity index (χ1) is 6.66. The highest BCUT2D eigenvalue weighted by Gasteiger charge is 2.24. The molecular formula is C13H17Br. The van der Waals surface area contributed by atoms with Gasteiger partial charge in [0.2, 0.25) is 0 Å². The zero-order chi connectivity index (χ0) is 10.1. The number of rotatable bonds is 1. The van der Waals surface area contributed by atoms with Gasteiger partial charge in [-0.25, -0.2) is 0 Å². The lowest BCUT2D eigenvalue weighted by molar-refractivity contribution is 0.533. The van der Waals surface area contributed by atoms with E-state index in [0.29, 0.717) is 0 Å². The quantitative estimate of drug-likeness (QED) is 0.682. The van der Waals surface area contributed by atoms with E-state index in [4.69, 9.17) is 0 Å². The van der Waals surface area contributed by atoms with E-state index >= 15 is 0 Å². The highest BCUT2D eigenvalue weighted by Crippen LogP contribution is 2.40. The molecule has 1 aliphatic rings. The monoisotopic (exact) mass is 252 g/mol. The molecule has 1 saturated carbocycles. The van der Waals surface area contributed by atoms with E-state index in [0.717, 1.165) is 11.8 Å². The first-order valence-corrected chi connectivity index (χ1v) is 6.23. The van der Waals surface area contributed by atoms with Crippen molar-refractivity contribution in [3.63, 3.8) is 0 Å². The molecule has 2 rings (SSSR count). The van der Waals surface area contributed by atoms with Crippen LogP contribution in [0.25, 0.3) is 0 Å². The average molecular weight is 253 g/mol. The fraction of sp³-hybridized carbons (Fsp3) is 0.538. The van der Waals surface area contributed by atoms with Gasteiger partial charge in [-0.05, 0) is 48.4 Å². The minimum Gasteiger partial charge on any atom is -0.0619 e. The SMILES string of the molecule is Cc1cc(Br)cc(C2CCCC2C)c1. The summed E-state index contributed by atoms with van der Waals surface area (Å²) in [5.41, 5.74) is 2.90. The largest absolute Gasteiger partial charge is 0.0619 e. The van der Waals surface area contributed by atoms with Crippen molar-refractivity contribution in [1.29, 1.82) is 0 Å². The smallest absolute Gasteiger partial charge is 0.0180 e. The van der Waals surface area contributed by atoms with E-state index in [1.54, 1.807) is 0 Å². The molecule has 1 aliphatic carbocycles. The van der Waals surface area contributed by atoms with Crippen molar-refractivity contribution in [3.8, 4) is 0 Å². The van der Waals surface area contributed by atoms with Gasteiger partial charge in [0.15, 0.2) is 0 Å². The predicted molar refractivity (Wildman–Crippen MR) is 64.6 cm³/mol. The average Bonchev–Trinajstić information content (AvgIpc) is 2.49. The van der Waals surface area contributed by atoms with Crippen LogP contribution in [0.15, 0.2) is 22.7 Å². The van der Waals surface area contributed by atoms with Crippen molar-refractivity contribution in [2.24, 2.45) is 5.92 Å². The van der Waals surface area contributed by atoms with Crippen LogP contribution in [-0.4, -0.2) is 0 Å². The second-order valence-corrected chi connectivity index (χ2v) is 5.49. The van der Waals surface area contributed by atoms with Gasteiger partial charge in [0.25, 0.3) is 0 Å². The molecule has 1 fully saturated rings. The molecule has 2 atom stereocenters. The van der Waals surface area contributed by atoms with Crippen LogP contribution in [0.3, 0.4) is 0 Å². The summed E-state index contributed by atoms with van der Waals surface area (Å²) in [5.74, 6) is 1.66. The Morgan fingerprint density at radius 1 is 1.21 bits per heavy atom. The number of halogens is 1. The van der Waals surface area contributed by atoms with E-state index in [1.165, 1.54) is 34.9 Å². The number of benzene rings is 1. The van der Waals surface area contributed by atoms with E-state index in [2.05, 4.69) is 48.0 Å². The molecular weight excluding hydrogens is 236 g/mol.